The molecule has 0 bridgehead atoms. The van der Waals surface area contributed by atoms with Gasteiger partial charge < -0.3 is 15.7 Å². The van der Waals surface area contributed by atoms with E-state index < -0.39 is 12.0 Å². The molecule has 0 saturated carbocycles. The average molecular weight is 495 g/mol. The Balaban J connectivity index is 1.58. The lowest BCUT2D eigenvalue weighted by atomic mass is 10.00. The normalized spacial score (nSPS) is 17.2. The molecule has 174 valence electrons. The van der Waals surface area contributed by atoms with Crippen LogP contribution in [-0.2, 0) is 0 Å². The van der Waals surface area contributed by atoms with Crippen molar-refractivity contribution in [3.05, 3.63) is 105 Å². The van der Waals surface area contributed by atoms with Gasteiger partial charge in [-0.3, -0.25) is 9.69 Å². The first kappa shape index (κ1) is 24.1. The van der Waals surface area contributed by atoms with Crippen molar-refractivity contribution in [2.24, 2.45) is 5.73 Å². The highest BCUT2D eigenvalue weighted by atomic mass is 35.5. The lowest BCUT2D eigenvalue weighted by Gasteiger charge is -2.44. The van der Waals surface area contributed by atoms with Crippen molar-refractivity contribution >= 4 is 40.5 Å². The lowest BCUT2D eigenvalue weighted by Crippen LogP contribution is -2.49. The maximum absolute atomic E-state index is 11.5. The molecule has 0 aromatic heterocycles. The number of nitrogens with two attached hydrogens (primary N) is 1. The van der Waals surface area contributed by atoms with Crippen LogP contribution < -0.4 is 10.6 Å². The first-order chi connectivity index (χ1) is 16.4. The smallest absolute Gasteiger partial charge is 0.248 e. The Kier molecular flexibility index (Phi) is 7.40. The summed E-state index contributed by atoms with van der Waals surface area (Å²) in [4.78, 5) is 19.4. The lowest BCUT2D eigenvalue weighted by molar-refractivity contribution is 0.0999. The summed E-state index contributed by atoms with van der Waals surface area (Å²) in [5.41, 5.74) is 8.99. The summed E-state index contributed by atoms with van der Waals surface area (Å²) in [6.45, 7) is 9.60. The molecule has 2 atom stereocenters. The summed E-state index contributed by atoms with van der Waals surface area (Å²) in [6, 6.07) is 19.8. The molecule has 0 radical (unpaired) electrons. The molecule has 0 aliphatic carbocycles. The van der Waals surface area contributed by atoms with Gasteiger partial charge in [-0.05, 0) is 41.5 Å². The van der Waals surface area contributed by atoms with Crippen LogP contribution in [0.15, 0.2) is 66.7 Å². The van der Waals surface area contributed by atoms with E-state index >= 15 is 0 Å². The zero-order chi connectivity index (χ0) is 24.2. The number of carbonyl (C=O) groups is 1. The number of β-amino-alcohol motifs (C(OH)–C–C–N with tert-alkyl or cyclic N) is 1. The van der Waals surface area contributed by atoms with Gasteiger partial charge in [0.05, 0.1) is 29.4 Å². The van der Waals surface area contributed by atoms with Gasteiger partial charge in [-0.2, -0.15) is 0 Å². The van der Waals surface area contributed by atoms with Gasteiger partial charge >= 0.3 is 0 Å². The third-order valence-corrected chi connectivity index (χ3v) is 6.65. The fourth-order valence-electron chi connectivity index (χ4n) is 4.28. The molecule has 34 heavy (non-hydrogen) atoms. The first-order valence-corrected chi connectivity index (χ1v) is 11.6. The average Bonchev–Trinajstić information content (AvgIpc) is 2.84. The number of aliphatic hydroxyl groups excluding tert-OH is 1. The van der Waals surface area contributed by atoms with Crippen LogP contribution in [0.3, 0.4) is 0 Å². The molecule has 0 unspecified atom stereocenters. The van der Waals surface area contributed by atoms with Crippen molar-refractivity contribution in [1.29, 1.82) is 0 Å². The van der Waals surface area contributed by atoms with Crippen LogP contribution in [0.2, 0.25) is 10.0 Å². The minimum absolute atomic E-state index is 0.0420. The summed E-state index contributed by atoms with van der Waals surface area (Å²) >= 11 is 12.7. The van der Waals surface area contributed by atoms with Gasteiger partial charge in [0, 0.05) is 36.8 Å². The molecule has 0 spiro atoms. The number of aliphatic hydroxyl groups is 1. The standard InChI is InChI=1S/C26H24Cl2N4O2/c1-30-21-9-4-18(5-10-21)25(33)16-31-12-13-32(23-11-6-19(26(29)34)14-22(23)28)24(15-31)17-2-7-20(27)8-3-17/h2-11,14,24-25,33H,12-13,15-16H2,(H2,29,34)/t24-,25+/m0/s1. The molecule has 1 saturated heterocycles. The number of halogens is 2. The largest absolute Gasteiger partial charge is 0.387 e. The number of rotatable bonds is 6. The number of nitrogens with zero attached hydrogens (tertiary/aromatic N) is 3. The number of hydrogen-bond acceptors (Lipinski definition) is 4. The molecule has 1 amide bonds. The Morgan fingerprint density at radius 3 is 2.41 bits per heavy atom. The molecule has 1 aliphatic heterocycles. The van der Waals surface area contributed by atoms with Gasteiger partial charge in [0.15, 0.2) is 5.69 Å². The predicted octanol–water partition coefficient (Wildman–Crippen LogP) is 5.24. The van der Waals surface area contributed by atoms with Gasteiger partial charge in [0.1, 0.15) is 0 Å². The van der Waals surface area contributed by atoms with Crippen LogP contribution in [-0.4, -0.2) is 42.1 Å². The summed E-state index contributed by atoms with van der Waals surface area (Å²) in [7, 11) is 0. The monoisotopic (exact) mass is 494 g/mol. The molecule has 8 heteroatoms. The third kappa shape index (κ3) is 5.35. The van der Waals surface area contributed by atoms with Crippen molar-refractivity contribution in [2.75, 3.05) is 31.1 Å². The molecule has 4 rings (SSSR count). The second-order valence-electron chi connectivity index (χ2n) is 8.27. The van der Waals surface area contributed by atoms with E-state index in [-0.39, 0.29) is 6.04 Å². The number of anilines is 1. The van der Waals surface area contributed by atoms with Crippen LogP contribution in [0.4, 0.5) is 11.4 Å². The summed E-state index contributed by atoms with van der Waals surface area (Å²) < 4.78 is 0. The molecule has 1 aliphatic rings. The number of carbonyl (C=O) groups excluding carboxylic acids is 1. The van der Waals surface area contributed by atoms with Crippen LogP contribution >= 0.6 is 23.2 Å². The number of primary amides is 1. The minimum atomic E-state index is -0.671. The van der Waals surface area contributed by atoms with Crippen LogP contribution in [0.25, 0.3) is 4.85 Å². The molecule has 6 nitrogen and oxygen atoms in total. The van der Waals surface area contributed by atoms with E-state index in [0.717, 1.165) is 23.4 Å². The van der Waals surface area contributed by atoms with Crippen LogP contribution in [0, 0.1) is 6.57 Å². The SMILES string of the molecule is [C-]#[N+]c1ccc([C@H](O)CN2CCN(c3ccc(C(N)=O)cc3Cl)[C@H](c3ccc(Cl)cc3)C2)cc1. The van der Waals surface area contributed by atoms with Gasteiger partial charge in [-0.25, -0.2) is 4.85 Å². The van der Waals surface area contributed by atoms with Crippen LogP contribution in [0.5, 0.6) is 0 Å². The van der Waals surface area contributed by atoms with Crippen molar-refractivity contribution in [1.82, 2.24) is 4.90 Å². The van der Waals surface area contributed by atoms with Gasteiger partial charge in [-0.15, -0.1) is 0 Å². The fraction of sp³-hybridized carbons (Fsp3) is 0.231. The van der Waals surface area contributed by atoms with Gasteiger partial charge in [0.2, 0.25) is 5.91 Å². The van der Waals surface area contributed by atoms with E-state index in [2.05, 4.69) is 14.6 Å². The minimum Gasteiger partial charge on any atom is -0.387 e. The van der Waals surface area contributed by atoms with Gasteiger partial charge in [-0.1, -0.05) is 59.6 Å². The van der Waals surface area contributed by atoms with E-state index in [0.29, 0.717) is 40.9 Å². The molecule has 3 N–H and O–H groups in total. The first-order valence-electron chi connectivity index (χ1n) is 10.8. The number of amides is 1. The van der Waals surface area contributed by atoms with E-state index in [9.17, 15) is 9.90 Å². The highest BCUT2D eigenvalue weighted by molar-refractivity contribution is 6.33. The number of piperazine rings is 1. The molecular formula is C26H24Cl2N4O2. The molecule has 1 heterocycles. The maximum Gasteiger partial charge on any atom is 0.248 e. The third-order valence-electron chi connectivity index (χ3n) is 6.10. The van der Waals surface area contributed by atoms with E-state index in [1.54, 1.807) is 36.4 Å². The number of hydrogen-bond donors (Lipinski definition) is 2. The molecule has 3 aromatic rings. The molecular weight excluding hydrogens is 471 g/mol. The Labute approximate surface area is 208 Å². The van der Waals surface area contributed by atoms with Crippen molar-refractivity contribution in [3.8, 4) is 0 Å². The predicted molar refractivity (Wildman–Crippen MR) is 136 cm³/mol. The summed E-state index contributed by atoms with van der Waals surface area (Å²) in [6.07, 6.45) is -0.671. The summed E-state index contributed by atoms with van der Waals surface area (Å²) in [5.74, 6) is -0.522. The Morgan fingerprint density at radius 1 is 1.09 bits per heavy atom. The Hall–Kier alpha value is -3.08. The van der Waals surface area contributed by atoms with E-state index in [1.165, 1.54) is 0 Å². The van der Waals surface area contributed by atoms with E-state index in [1.807, 2.05) is 30.3 Å². The maximum atomic E-state index is 11.5. The second-order valence-corrected chi connectivity index (χ2v) is 9.11. The Bertz CT molecular complexity index is 1210. The molecule has 3 aromatic carbocycles. The highest BCUT2D eigenvalue weighted by Gasteiger charge is 2.31. The topological polar surface area (TPSA) is 74.2 Å². The summed E-state index contributed by atoms with van der Waals surface area (Å²) in [5, 5.41) is 11.9. The van der Waals surface area contributed by atoms with Crippen LogP contribution in [0.1, 0.15) is 33.6 Å². The second kappa shape index (κ2) is 10.5. The molecule has 1 fully saturated rings. The highest BCUT2D eigenvalue weighted by Crippen LogP contribution is 2.36. The zero-order valence-electron chi connectivity index (χ0n) is 18.4. The van der Waals surface area contributed by atoms with Crippen molar-refractivity contribution in [3.63, 3.8) is 0 Å². The van der Waals surface area contributed by atoms with Crippen molar-refractivity contribution in [2.45, 2.75) is 12.1 Å². The van der Waals surface area contributed by atoms with Gasteiger partial charge in [0.25, 0.3) is 0 Å². The Morgan fingerprint density at radius 2 is 1.79 bits per heavy atom. The fourth-order valence-corrected chi connectivity index (χ4v) is 4.69. The van der Waals surface area contributed by atoms with Crippen molar-refractivity contribution < 1.29 is 9.90 Å². The van der Waals surface area contributed by atoms with E-state index in [4.69, 9.17) is 35.5 Å². The zero-order valence-corrected chi connectivity index (χ0v) is 19.9. The number of benzene rings is 3. The quantitative estimate of drug-likeness (QED) is 0.459.